The quantitative estimate of drug-likeness (QED) is 0.925. The normalized spacial score (nSPS) is 18.1. The van der Waals surface area contributed by atoms with Gasteiger partial charge in [-0.3, -0.25) is 9.69 Å². The molecule has 110 valence electrons. The van der Waals surface area contributed by atoms with Crippen LogP contribution in [0.25, 0.3) is 0 Å². The van der Waals surface area contributed by atoms with Crippen molar-refractivity contribution in [2.75, 3.05) is 31.9 Å². The minimum absolute atomic E-state index is 0.0621. The van der Waals surface area contributed by atoms with E-state index >= 15 is 0 Å². The van der Waals surface area contributed by atoms with Gasteiger partial charge in [-0.15, -0.1) is 0 Å². The molecule has 6 heteroatoms. The fraction of sp³-hybridized carbons (Fsp3) is 0.571. The van der Waals surface area contributed by atoms with Crippen LogP contribution in [0.5, 0.6) is 0 Å². The molecule has 2 rings (SSSR count). The second kappa shape index (κ2) is 6.41. The number of hydrogen-bond donors (Lipinski definition) is 1. The highest BCUT2D eigenvalue weighted by molar-refractivity contribution is 6.33. The Morgan fingerprint density at radius 3 is 2.70 bits per heavy atom. The smallest absolute Gasteiger partial charge is 0.255 e. The van der Waals surface area contributed by atoms with Gasteiger partial charge in [0.1, 0.15) is 5.82 Å². The summed E-state index contributed by atoms with van der Waals surface area (Å²) < 4.78 is 0. The van der Waals surface area contributed by atoms with Crippen molar-refractivity contribution in [1.82, 2.24) is 14.8 Å². The van der Waals surface area contributed by atoms with Crippen molar-refractivity contribution < 1.29 is 4.79 Å². The Bertz CT molecular complexity index is 486. The lowest BCUT2D eigenvalue weighted by Crippen LogP contribution is -2.51. The van der Waals surface area contributed by atoms with Crippen LogP contribution < -0.4 is 5.73 Å². The minimum Gasteiger partial charge on any atom is -0.384 e. The van der Waals surface area contributed by atoms with E-state index in [2.05, 4.69) is 23.7 Å². The van der Waals surface area contributed by atoms with Crippen molar-refractivity contribution in [1.29, 1.82) is 0 Å². The molecule has 2 heterocycles. The molecule has 0 saturated carbocycles. The molecule has 1 aromatic rings. The third-order valence-electron chi connectivity index (χ3n) is 3.92. The number of amides is 1. The van der Waals surface area contributed by atoms with Gasteiger partial charge in [0.05, 0.1) is 10.6 Å². The number of pyridine rings is 1. The lowest BCUT2D eigenvalue weighted by atomic mass is 10.1. The summed E-state index contributed by atoms with van der Waals surface area (Å²) in [6, 6.07) is 2.11. The van der Waals surface area contributed by atoms with E-state index in [0.29, 0.717) is 22.4 Å². The van der Waals surface area contributed by atoms with E-state index in [1.54, 1.807) is 6.07 Å². The molecule has 0 radical (unpaired) electrons. The lowest BCUT2D eigenvalue weighted by Gasteiger charge is -2.37. The molecule has 1 atom stereocenters. The number of nitrogens with two attached hydrogens (primary N) is 1. The SMILES string of the molecule is CCC(C)N1CCN(C(=O)c2cc(N)ncc2Cl)CC1. The number of aromatic nitrogens is 1. The molecule has 0 spiro atoms. The summed E-state index contributed by atoms with van der Waals surface area (Å²) in [4.78, 5) is 20.6. The van der Waals surface area contributed by atoms with Crippen LogP contribution >= 0.6 is 11.6 Å². The van der Waals surface area contributed by atoms with Gasteiger partial charge in [-0.1, -0.05) is 18.5 Å². The van der Waals surface area contributed by atoms with Gasteiger partial charge in [0.2, 0.25) is 0 Å². The Labute approximate surface area is 124 Å². The highest BCUT2D eigenvalue weighted by Gasteiger charge is 2.25. The van der Waals surface area contributed by atoms with E-state index in [1.165, 1.54) is 6.20 Å². The maximum Gasteiger partial charge on any atom is 0.255 e. The average Bonchev–Trinajstić information content (AvgIpc) is 2.48. The zero-order valence-electron chi connectivity index (χ0n) is 12.0. The van der Waals surface area contributed by atoms with Crippen molar-refractivity contribution in [2.45, 2.75) is 26.3 Å². The summed E-state index contributed by atoms with van der Waals surface area (Å²) in [5.41, 5.74) is 6.07. The Balaban J connectivity index is 2.03. The van der Waals surface area contributed by atoms with Crippen LogP contribution in [0.3, 0.4) is 0 Å². The maximum absolute atomic E-state index is 12.5. The van der Waals surface area contributed by atoms with Crippen molar-refractivity contribution in [3.63, 3.8) is 0 Å². The molecule has 2 N–H and O–H groups in total. The Morgan fingerprint density at radius 1 is 1.45 bits per heavy atom. The average molecular weight is 297 g/mol. The topological polar surface area (TPSA) is 62.5 Å². The summed E-state index contributed by atoms with van der Waals surface area (Å²) in [7, 11) is 0. The highest BCUT2D eigenvalue weighted by atomic mass is 35.5. The number of rotatable bonds is 3. The first-order valence-electron chi connectivity index (χ1n) is 6.97. The lowest BCUT2D eigenvalue weighted by molar-refractivity contribution is 0.0580. The van der Waals surface area contributed by atoms with E-state index in [9.17, 15) is 4.79 Å². The molecule has 0 bridgehead atoms. The van der Waals surface area contributed by atoms with Crippen LogP contribution in [-0.4, -0.2) is 52.9 Å². The van der Waals surface area contributed by atoms with Gasteiger partial charge >= 0.3 is 0 Å². The molecule has 0 aromatic carbocycles. The van der Waals surface area contributed by atoms with Gasteiger partial charge in [-0.25, -0.2) is 4.98 Å². The summed E-state index contributed by atoms with van der Waals surface area (Å²) in [6.45, 7) is 7.65. The van der Waals surface area contributed by atoms with E-state index in [4.69, 9.17) is 17.3 Å². The van der Waals surface area contributed by atoms with E-state index < -0.39 is 0 Å². The van der Waals surface area contributed by atoms with Crippen LogP contribution in [0.2, 0.25) is 5.02 Å². The standard InChI is InChI=1S/C14H21ClN4O/c1-3-10(2)18-4-6-19(7-5-18)14(20)11-8-13(16)17-9-12(11)15/h8-10H,3-7H2,1-2H3,(H2,16,17). The number of carbonyl (C=O) groups is 1. The van der Waals surface area contributed by atoms with Gasteiger partial charge in [0.15, 0.2) is 0 Å². The monoisotopic (exact) mass is 296 g/mol. The first-order chi connectivity index (χ1) is 9.52. The molecular weight excluding hydrogens is 276 g/mol. The number of anilines is 1. The first kappa shape index (κ1) is 15.1. The van der Waals surface area contributed by atoms with Crippen molar-refractivity contribution >= 4 is 23.3 Å². The second-order valence-corrected chi connectivity index (χ2v) is 5.58. The van der Waals surface area contributed by atoms with Gasteiger partial charge < -0.3 is 10.6 Å². The van der Waals surface area contributed by atoms with Crippen LogP contribution in [-0.2, 0) is 0 Å². The van der Waals surface area contributed by atoms with Crippen LogP contribution in [0.1, 0.15) is 30.6 Å². The molecule has 1 aromatic heterocycles. The zero-order chi connectivity index (χ0) is 14.7. The van der Waals surface area contributed by atoms with Crippen LogP contribution in [0.4, 0.5) is 5.82 Å². The van der Waals surface area contributed by atoms with Crippen molar-refractivity contribution in [3.8, 4) is 0 Å². The maximum atomic E-state index is 12.5. The predicted molar refractivity (Wildman–Crippen MR) is 80.9 cm³/mol. The Kier molecular flexibility index (Phi) is 4.83. The number of carbonyl (C=O) groups excluding carboxylic acids is 1. The predicted octanol–water partition coefficient (Wildman–Crippen LogP) is 1.87. The van der Waals surface area contributed by atoms with E-state index in [-0.39, 0.29) is 5.91 Å². The molecule has 1 fully saturated rings. The number of nitrogen functional groups attached to an aromatic ring is 1. The number of piperazine rings is 1. The van der Waals surface area contributed by atoms with Crippen LogP contribution in [0, 0.1) is 0 Å². The van der Waals surface area contributed by atoms with Gasteiger partial charge in [0.25, 0.3) is 5.91 Å². The van der Waals surface area contributed by atoms with Gasteiger partial charge in [-0.05, 0) is 19.4 Å². The summed E-state index contributed by atoms with van der Waals surface area (Å²) in [6.07, 6.45) is 2.56. The van der Waals surface area contributed by atoms with E-state index in [1.807, 2.05) is 4.90 Å². The van der Waals surface area contributed by atoms with Gasteiger partial charge in [-0.2, -0.15) is 0 Å². The Hall–Kier alpha value is -1.33. The zero-order valence-corrected chi connectivity index (χ0v) is 12.7. The van der Waals surface area contributed by atoms with Crippen molar-refractivity contribution in [2.24, 2.45) is 0 Å². The minimum atomic E-state index is -0.0621. The third kappa shape index (κ3) is 3.22. The molecule has 1 saturated heterocycles. The summed E-state index contributed by atoms with van der Waals surface area (Å²) in [5.74, 6) is 0.254. The first-order valence-corrected chi connectivity index (χ1v) is 7.35. The number of hydrogen-bond acceptors (Lipinski definition) is 4. The van der Waals surface area contributed by atoms with Crippen LogP contribution in [0.15, 0.2) is 12.3 Å². The number of nitrogens with zero attached hydrogens (tertiary/aromatic N) is 3. The second-order valence-electron chi connectivity index (χ2n) is 5.17. The van der Waals surface area contributed by atoms with E-state index in [0.717, 1.165) is 32.6 Å². The molecular formula is C14H21ClN4O. The molecule has 1 aliphatic rings. The molecule has 1 amide bonds. The fourth-order valence-electron chi connectivity index (χ4n) is 2.41. The molecule has 1 aliphatic heterocycles. The summed E-state index contributed by atoms with van der Waals surface area (Å²) in [5, 5.41) is 0.355. The molecule has 5 nitrogen and oxygen atoms in total. The van der Waals surface area contributed by atoms with Gasteiger partial charge in [0, 0.05) is 38.4 Å². The summed E-state index contributed by atoms with van der Waals surface area (Å²) >= 11 is 6.04. The third-order valence-corrected chi connectivity index (χ3v) is 4.22. The fourth-order valence-corrected chi connectivity index (χ4v) is 2.60. The largest absolute Gasteiger partial charge is 0.384 e. The molecule has 20 heavy (non-hydrogen) atoms. The van der Waals surface area contributed by atoms with Crippen molar-refractivity contribution in [3.05, 3.63) is 22.8 Å². The highest BCUT2D eigenvalue weighted by Crippen LogP contribution is 2.20. The Morgan fingerprint density at radius 2 is 2.10 bits per heavy atom. The molecule has 1 unspecified atom stereocenters. The molecule has 0 aliphatic carbocycles. The number of halogens is 1.